The molecule has 0 aliphatic heterocycles. The molecule has 0 amide bonds. The third-order valence-corrected chi connectivity index (χ3v) is 5.90. The number of ketones is 1. The number of aryl methyl sites for hydroxylation is 2. The van der Waals surface area contributed by atoms with Crippen molar-refractivity contribution in [1.29, 1.82) is 0 Å². The van der Waals surface area contributed by atoms with Gasteiger partial charge in [0.15, 0.2) is 5.78 Å². The zero-order valence-electron chi connectivity index (χ0n) is 13.8. The minimum absolute atomic E-state index is 0.189. The molecule has 0 spiro atoms. The minimum Gasteiger partial charge on any atom is -0.292 e. The predicted molar refractivity (Wildman–Crippen MR) is 91.1 cm³/mol. The first-order valence-corrected chi connectivity index (χ1v) is 8.83. The van der Waals surface area contributed by atoms with Gasteiger partial charge in [0.2, 0.25) is 10.0 Å². The number of hydrogen-bond donors (Lipinski definition) is 0. The zero-order valence-corrected chi connectivity index (χ0v) is 14.6. The molecule has 0 radical (unpaired) electrons. The molecular weight excluding hydrogens is 310 g/mol. The van der Waals surface area contributed by atoms with Gasteiger partial charge in [0, 0.05) is 12.6 Å². The predicted octanol–water partition coefficient (Wildman–Crippen LogP) is 3.20. The SMILES string of the molecule is Cc1ccc(C(=O)C(C)N(C)S(=O)(=O)c2ccc(C)cc2)cc1. The van der Waals surface area contributed by atoms with E-state index in [4.69, 9.17) is 0 Å². The van der Waals surface area contributed by atoms with Gasteiger partial charge >= 0.3 is 0 Å². The molecule has 0 aliphatic carbocycles. The molecule has 0 bridgehead atoms. The van der Waals surface area contributed by atoms with Crippen molar-refractivity contribution in [3.63, 3.8) is 0 Å². The van der Waals surface area contributed by atoms with E-state index in [9.17, 15) is 13.2 Å². The van der Waals surface area contributed by atoms with Crippen LogP contribution in [0.4, 0.5) is 0 Å². The Bertz CT molecular complexity index is 793. The fourth-order valence-electron chi connectivity index (χ4n) is 2.21. The van der Waals surface area contributed by atoms with Gasteiger partial charge in [0.1, 0.15) is 0 Å². The van der Waals surface area contributed by atoms with Crippen molar-refractivity contribution in [1.82, 2.24) is 4.31 Å². The molecule has 0 saturated carbocycles. The highest BCUT2D eigenvalue weighted by atomic mass is 32.2. The minimum atomic E-state index is -3.70. The van der Waals surface area contributed by atoms with Crippen LogP contribution in [0.25, 0.3) is 0 Å². The second kappa shape index (κ2) is 6.64. The van der Waals surface area contributed by atoms with Crippen LogP contribution in [0.5, 0.6) is 0 Å². The van der Waals surface area contributed by atoms with Crippen molar-refractivity contribution in [2.45, 2.75) is 31.7 Å². The van der Waals surface area contributed by atoms with E-state index in [1.54, 1.807) is 43.3 Å². The van der Waals surface area contributed by atoms with Crippen LogP contribution in [0.1, 0.15) is 28.4 Å². The summed E-state index contributed by atoms with van der Waals surface area (Å²) in [7, 11) is -2.27. The van der Waals surface area contributed by atoms with Crippen molar-refractivity contribution in [3.8, 4) is 0 Å². The number of nitrogens with zero attached hydrogens (tertiary/aromatic N) is 1. The maximum Gasteiger partial charge on any atom is 0.243 e. The smallest absolute Gasteiger partial charge is 0.243 e. The Labute approximate surface area is 137 Å². The molecule has 0 N–H and O–H groups in total. The molecular formula is C18H21NO3S. The Morgan fingerprint density at radius 3 is 1.83 bits per heavy atom. The first kappa shape index (κ1) is 17.4. The molecule has 5 heteroatoms. The second-order valence-electron chi connectivity index (χ2n) is 5.74. The Kier molecular flexibility index (Phi) is 5.02. The third-order valence-electron chi connectivity index (χ3n) is 3.96. The molecule has 2 aromatic carbocycles. The first-order chi connectivity index (χ1) is 10.7. The van der Waals surface area contributed by atoms with Crippen molar-refractivity contribution in [2.75, 3.05) is 7.05 Å². The van der Waals surface area contributed by atoms with Gasteiger partial charge in [0.05, 0.1) is 10.9 Å². The van der Waals surface area contributed by atoms with Crippen LogP contribution in [-0.2, 0) is 10.0 Å². The van der Waals surface area contributed by atoms with Crippen LogP contribution in [0, 0.1) is 13.8 Å². The van der Waals surface area contributed by atoms with Gasteiger partial charge in [-0.3, -0.25) is 4.79 Å². The van der Waals surface area contributed by atoms with Crippen LogP contribution < -0.4 is 0 Å². The maximum absolute atomic E-state index is 12.6. The van der Waals surface area contributed by atoms with E-state index in [1.165, 1.54) is 7.05 Å². The number of benzene rings is 2. The molecule has 0 aliphatic rings. The molecule has 0 fully saturated rings. The molecule has 122 valence electrons. The molecule has 2 rings (SSSR count). The number of hydrogen-bond acceptors (Lipinski definition) is 3. The molecule has 0 saturated heterocycles. The van der Waals surface area contributed by atoms with Gasteiger partial charge in [-0.15, -0.1) is 0 Å². The molecule has 1 atom stereocenters. The highest BCUT2D eigenvalue weighted by Gasteiger charge is 2.30. The monoisotopic (exact) mass is 331 g/mol. The zero-order chi connectivity index (χ0) is 17.2. The van der Waals surface area contributed by atoms with E-state index in [0.717, 1.165) is 15.4 Å². The summed E-state index contributed by atoms with van der Waals surface area (Å²) in [4.78, 5) is 12.7. The first-order valence-electron chi connectivity index (χ1n) is 7.39. The lowest BCUT2D eigenvalue weighted by Crippen LogP contribution is -2.40. The Morgan fingerprint density at radius 1 is 0.913 bits per heavy atom. The van der Waals surface area contributed by atoms with E-state index in [2.05, 4.69) is 0 Å². The van der Waals surface area contributed by atoms with Crippen LogP contribution in [-0.4, -0.2) is 31.6 Å². The van der Waals surface area contributed by atoms with Crippen LogP contribution in [0.3, 0.4) is 0 Å². The van der Waals surface area contributed by atoms with E-state index in [-0.39, 0.29) is 10.7 Å². The van der Waals surface area contributed by atoms with Crippen molar-refractivity contribution < 1.29 is 13.2 Å². The molecule has 1 unspecified atom stereocenters. The van der Waals surface area contributed by atoms with Crippen molar-refractivity contribution in [2.24, 2.45) is 0 Å². The third kappa shape index (κ3) is 3.68. The summed E-state index contributed by atoms with van der Waals surface area (Å²) in [6.07, 6.45) is 0. The Balaban J connectivity index is 2.27. The summed E-state index contributed by atoms with van der Waals surface area (Å²) in [6, 6.07) is 13.0. The number of sulfonamides is 1. The molecule has 4 nitrogen and oxygen atoms in total. The lowest BCUT2D eigenvalue weighted by atomic mass is 10.0. The van der Waals surface area contributed by atoms with E-state index >= 15 is 0 Å². The van der Waals surface area contributed by atoms with Gasteiger partial charge < -0.3 is 0 Å². The number of Topliss-reactive ketones (excluding diaryl/α,β-unsaturated/α-hetero) is 1. The topological polar surface area (TPSA) is 54.5 Å². The van der Waals surface area contributed by atoms with Gasteiger partial charge in [-0.1, -0.05) is 47.5 Å². The van der Waals surface area contributed by atoms with Crippen LogP contribution >= 0.6 is 0 Å². The highest BCUT2D eigenvalue weighted by Crippen LogP contribution is 2.19. The molecule has 0 aromatic heterocycles. The largest absolute Gasteiger partial charge is 0.292 e. The lowest BCUT2D eigenvalue weighted by Gasteiger charge is -2.23. The van der Waals surface area contributed by atoms with Gasteiger partial charge in [0.25, 0.3) is 0 Å². The van der Waals surface area contributed by atoms with Gasteiger partial charge in [-0.25, -0.2) is 8.42 Å². The number of carbonyl (C=O) groups excluding carboxylic acids is 1. The maximum atomic E-state index is 12.6. The fraction of sp³-hybridized carbons (Fsp3) is 0.278. The average Bonchev–Trinajstić information content (AvgIpc) is 2.54. The summed E-state index contributed by atoms with van der Waals surface area (Å²) in [5.74, 6) is -0.219. The number of carbonyl (C=O) groups is 1. The lowest BCUT2D eigenvalue weighted by molar-refractivity contribution is 0.0919. The summed E-state index contributed by atoms with van der Waals surface area (Å²) >= 11 is 0. The molecule has 0 heterocycles. The highest BCUT2D eigenvalue weighted by molar-refractivity contribution is 7.89. The number of rotatable bonds is 5. The number of likely N-dealkylation sites (N-methyl/N-ethyl adjacent to an activating group) is 1. The van der Waals surface area contributed by atoms with E-state index in [0.29, 0.717) is 5.56 Å². The quantitative estimate of drug-likeness (QED) is 0.791. The molecule has 23 heavy (non-hydrogen) atoms. The van der Waals surface area contributed by atoms with Gasteiger partial charge in [-0.05, 0) is 32.9 Å². The normalized spacial score (nSPS) is 13.1. The fourth-order valence-corrected chi connectivity index (χ4v) is 3.53. The standard InChI is InChI=1S/C18H21NO3S/c1-13-5-9-16(10-6-13)18(20)15(3)19(4)23(21,22)17-11-7-14(2)8-12-17/h5-12,15H,1-4H3. The van der Waals surface area contributed by atoms with Crippen molar-refractivity contribution in [3.05, 3.63) is 65.2 Å². The second-order valence-corrected chi connectivity index (χ2v) is 7.74. The van der Waals surface area contributed by atoms with E-state index in [1.807, 2.05) is 26.0 Å². The van der Waals surface area contributed by atoms with Gasteiger partial charge in [-0.2, -0.15) is 4.31 Å². The summed E-state index contributed by atoms with van der Waals surface area (Å²) in [5.41, 5.74) is 2.54. The summed E-state index contributed by atoms with van der Waals surface area (Å²) in [5, 5.41) is 0. The van der Waals surface area contributed by atoms with Crippen molar-refractivity contribution >= 4 is 15.8 Å². The summed E-state index contributed by atoms with van der Waals surface area (Å²) in [6.45, 7) is 5.43. The average molecular weight is 331 g/mol. The van der Waals surface area contributed by atoms with Crippen LogP contribution in [0.2, 0.25) is 0 Å². The summed E-state index contributed by atoms with van der Waals surface area (Å²) < 4.78 is 26.4. The van der Waals surface area contributed by atoms with E-state index < -0.39 is 16.1 Å². The van der Waals surface area contributed by atoms with Crippen LogP contribution in [0.15, 0.2) is 53.4 Å². The Morgan fingerprint density at radius 2 is 1.35 bits per heavy atom. The Hall–Kier alpha value is -1.98. The molecule has 2 aromatic rings.